The fraction of sp³-hybridized carbons (Fsp3) is 0.261. The number of hydrogen-bond donors (Lipinski definition) is 1. The smallest absolute Gasteiger partial charge is 0.220 e. The van der Waals surface area contributed by atoms with Crippen LogP contribution in [0.1, 0.15) is 29.7 Å². The molecule has 0 unspecified atom stereocenters. The maximum Gasteiger partial charge on any atom is 0.220 e. The van der Waals surface area contributed by atoms with Gasteiger partial charge < -0.3 is 5.32 Å². The Morgan fingerprint density at radius 3 is 2.89 bits per heavy atom. The van der Waals surface area contributed by atoms with Crippen LogP contribution in [0.3, 0.4) is 0 Å². The van der Waals surface area contributed by atoms with E-state index in [0.29, 0.717) is 13.0 Å². The van der Waals surface area contributed by atoms with E-state index in [-0.39, 0.29) is 5.91 Å². The number of aromatic nitrogens is 3. The fourth-order valence-electron chi connectivity index (χ4n) is 3.53. The highest BCUT2D eigenvalue weighted by Crippen LogP contribution is 2.19. The zero-order valence-corrected chi connectivity index (χ0v) is 16.1. The summed E-state index contributed by atoms with van der Waals surface area (Å²) in [6, 6.07) is 16.5. The summed E-state index contributed by atoms with van der Waals surface area (Å²) in [6.07, 6.45) is 6.91. The van der Waals surface area contributed by atoms with Gasteiger partial charge in [0.1, 0.15) is 0 Å². The van der Waals surface area contributed by atoms with Crippen molar-refractivity contribution in [1.29, 1.82) is 0 Å². The van der Waals surface area contributed by atoms with Crippen LogP contribution in [0.25, 0.3) is 16.4 Å². The molecule has 5 heteroatoms. The first-order valence-electron chi connectivity index (χ1n) is 9.73. The van der Waals surface area contributed by atoms with Crippen molar-refractivity contribution >= 4 is 22.3 Å². The molecule has 0 saturated carbocycles. The molecule has 142 valence electrons. The van der Waals surface area contributed by atoms with Gasteiger partial charge in [0.15, 0.2) is 5.65 Å². The SMILES string of the molecule is Cc1cc2ncc(CCCNC(=O)CCc3cccc4ccccc34)cn2n1. The Bertz CT molecular complexity index is 1110. The fourth-order valence-corrected chi connectivity index (χ4v) is 3.53. The van der Waals surface area contributed by atoms with E-state index in [1.807, 2.05) is 42.0 Å². The molecule has 0 bridgehead atoms. The number of amides is 1. The summed E-state index contributed by atoms with van der Waals surface area (Å²) in [4.78, 5) is 16.6. The van der Waals surface area contributed by atoms with Crippen LogP contribution in [0.15, 0.2) is 60.9 Å². The molecule has 2 heterocycles. The number of benzene rings is 2. The Morgan fingerprint density at radius 2 is 1.96 bits per heavy atom. The summed E-state index contributed by atoms with van der Waals surface area (Å²) in [5.41, 5.74) is 4.17. The van der Waals surface area contributed by atoms with Crippen molar-refractivity contribution in [2.45, 2.75) is 32.6 Å². The minimum atomic E-state index is 0.101. The van der Waals surface area contributed by atoms with Crippen LogP contribution < -0.4 is 5.32 Å². The van der Waals surface area contributed by atoms with Gasteiger partial charge in [0.25, 0.3) is 0 Å². The van der Waals surface area contributed by atoms with Gasteiger partial charge >= 0.3 is 0 Å². The molecule has 1 amide bonds. The maximum absolute atomic E-state index is 12.2. The average Bonchev–Trinajstić information content (AvgIpc) is 3.09. The summed E-state index contributed by atoms with van der Waals surface area (Å²) >= 11 is 0. The second kappa shape index (κ2) is 8.21. The molecule has 1 N–H and O–H groups in total. The molecule has 0 aliphatic carbocycles. The van der Waals surface area contributed by atoms with E-state index in [1.54, 1.807) is 0 Å². The van der Waals surface area contributed by atoms with E-state index in [2.05, 4.69) is 45.7 Å². The quantitative estimate of drug-likeness (QED) is 0.501. The molecular weight excluding hydrogens is 348 g/mol. The van der Waals surface area contributed by atoms with E-state index in [1.165, 1.54) is 16.3 Å². The molecule has 4 rings (SSSR count). The molecule has 0 aliphatic rings. The van der Waals surface area contributed by atoms with E-state index in [4.69, 9.17) is 0 Å². The van der Waals surface area contributed by atoms with E-state index in [9.17, 15) is 4.79 Å². The number of hydrogen-bond acceptors (Lipinski definition) is 3. The lowest BCUT2D eigenvalue weighted by atomic mass is 10.0. The van der Waals surface area contributed by atoms with Crippen LogP contribution in [0.4, 0.5) is 0 Å². The van der Waals surface area contributed by atoms with Gasteiger partial charge in [0.05, 0.1) is 5.69 Å². The van der Waals surface area contributed by atoms with Gasteiger partial charge in [-0.3, -0.25) is 4.79 Å². The first kappa shape index (κ1) is 18.2. The van der Waals surface area contributed by atoms with Crippen molar-refractivity contribution in [3.05, 3.63) is 77.7 Å². The van der Waals surface area contributed by atoms with E-state index < -0.39 is 0 Å². The molecule has 0 atom stereocenters. The van der Waals surface area contributed by atoms with Gasteiger partial charge in [-0.25, -0.2) is 9.50 Å². The van der Waals surface area contributed by atoms with E-state index >= 15 is 0 Å². The van der Waals surface area contributed by atoms with Crippen molar-refractivity contribution in [1.82, 2.24) is 19.9 Å². The molecule has 0 saturated heterocycles. The predicted octanol–water partition coefficient (Wildman–Crippen LogP) is 3.87. The molecule has 2 aromatic carbocycles. The summed E-state index contributed by atoms with van der Waals surface area (Å²) in [5, 5.41) is 9.87. The average molecular weight is 372 g/mol. The van der Waals surface area contributed by atoms with Crippen molar-refractivity contribution in [3.8, 4) is 0 Å². The second-order valence-corrected chi connectivity index (χ2v) is 7.14. The van der Waals surface area contributed by atoms with Gasteiger partial charge in [-0.2, -0.15) is 5.10 Å². The van der Waals surface area contributed by atoms with Crippen LogP contribution in [0, 0.1) is 6.92 Å². The summed E-state index contributed by atoms with van der Waals surface area (Å²) in [7, 11) is 0. The Morgan fingerprint density at radius 1 is 1.11 bits per heavy atom. The number of nitrogens with one attached hydrogen (secondary N) is 1. The third kappa shape index (κ3) is 4.19. The van der Waals surface area contributed by atoms with Gasteiger partial charge in [-0.1, -0.05) is 42.5 Å². The lowest BCUT2D eigenvalue weighted by Gasteiger charge is -2.08. The zero-order chi connectivity index (χ0) is 19.3. The molecule has 28 heavy (non-hydrogen) atoms. The van der Waals surface area contributed by atoms with Crippen molar-refractivity contribution in [2.24, 2.45) is 0 Å². The Balaban J connectivity index is 1.24. The Hall–Kier alpha value is -3.21. The minimum absolute atomic E-state index is 0.101. The Labute approximate surface area is 164 Å². The van der Waals surface area contributed by atoms with Crippen LogP contribution in [0.5, 0.6) is 0 Å². The first-order valence-corrected chi connectivity index (χ1v) is 9.73. The number of aryl methyl sites for hydroxylation is 3. The molecular formula is C23H24N4O. The van der Waals surface area contributed by atoms with Crippen LogP contribution in [0.2, 0.25) is 0 Å². The number of rotatable bonds is 7. The van der Waals surface area contributed by atoms with Gasteiger partial charge in [-0.05, 0) is 48.1 Å². The highest BCUT2D eigenvalue weighted by Gasteiger charge is 2.06. The van der Waals surface area contributed by atoms with E-state index in [0.717, 1.165) is 36.2 Å². The third-order valence-corrected chi connectivity index (χ3v) is 4.95. The van der Waals surface area contributed by atoms with Crippen molar-refractivity contribution < 1.29 is 4.79 Å². The molecule has 4 aromatic rings. The number of carbonyl (C=O) groups excluding carboxylic acids is 1. The molecule has 0 fully saturated rings. The Kier molecular flexibility index (Phi) is 5.33. The van der Waals surface area contributed by atoms with Crippen molar-refractivity contribution in [2.75, 3.05) is 6.54 Å². The lowest BCUT2D eigenvalue weighted by molar-refractivity contribution is -0.121. The van der Waals surface area contributed by atoms with Gasteiger partial charge in [0.2, 0.25) is 5.91 Å². The lowest BCUT2D eigenvalue weighted by Crippen LogP contribution is -2.25. The van der Waals surface area contributed by atoms with Crippen LogP contribution >= 0.6 is 0 Å². The molecule has 2 aromatic heterocycles. The largest absolute Gasteiger partial charge is 0.356 e. The molecule has 5 nitrogen and oxygen atoms in total. The summed E-state index contributed by atoms with van der Waals surface area (Å²) in [6.45, 7) is 2.63. The van der Waals surface area contributed by atoms with Gasteiger partial charge in [0, 0.05) is 31.4 Å². The monoisotopic (exact) mass is 372 g/mol. The standard InChI is InChI=1S/C23H24N4O/c1-17-14-22-25-15-18(16-27(22)26-17)6-5-13-24-23(28)12-11-20-9-4-8-19-7-2-3-10-21(19)20/h2-4,7-10,14-16H,5-6,11-13H2,1H3,(H,24,28). The number of fused-ring (bicyclic) bond motifs is 2. The van der Waals surface area contributed by atoms with Crippen LogP contribution in [-0.4, -0.2) is 27.0 Å². The highest BCUT2D eigenvalue weighted by molar-refractivity contribution is 5.86. The highest BCUT2D eigenvalue weighted by atomic mass is 16.1. The second-order valence-electron chi connectivity index (χ2n) is 7.14. The normalized spacial score (nSPS) is 11.2. The third-order valence-electron chi connectivity index (χ3n) is 4.95. The topological polar surface area (TPSA) is 59.3 Å². The molecule has 0 spiro atoms. The number of nitrogens with zero attached hydrogens (tertiary/aromatic N) is 3. The molecule has 0 aliphatic heterocycles. The maximum atomic E-state index is 12.2. The number of carbonyl (C=O) groups is 1. The first-order chi connectivity index (χ1) is 13.7. The summed E-state index contributed by atoms with van der Waals surface area (Å²) in [5.74, 6) is 0.101. The van der Waals surface area contributed by atoms with Crippen LogP contribution in [-0.2, 0) is 17.6 Å². The molecule has 0 radical (unpaired) electrons. The minimum Gasteiger partial charge on any atom is -0.356 e. The summed E-state index contributed by atoms with van der Waals surface area (Å²) < 4.78 is 1.81. The van der Waals surface area contributed by atoms with Gasteiger partial charge in [-0.15, -0.1) is 0 Å². The zero-order valence-electron chi connectivity index (χ0n) is 16.1. The predicted molar refractivity (Wildman–Crippen MR) is 111 cm³/mol. The van der Waals surface area contributed by atoms with Crippen molar-refractivity contribution in [3.63, 3.8) is 0 Å².